The van der Waals surface area contributed by atoms with E-state index in [1.807, 2.05) is 6.92 Å². The van der Waals surface area contributed by atoms with E-state index in [0.717, 1.165) is 25.7 Å². The number of unbranched alkanes of at least 4 members (excludes halogenated alkanes) is 2. The van der Waals surface area contributed by atoms with Crippen molar-refractivity contribution in [1.82, 2.24) is 0 Å². The molecule has 0 aromatic rings. The van der Waals surface area contributed by atoms with Crippen LogP contribution in [0.2, 0.25) is 0 Å². The monoisotopic (exact) mass is 346 g/mol. The lowest BCUT2D eigenvalue weighted by atomic mass is 10.0. The third kappa shape index (κ3) is 5.65. The summed E-state index contributed by atoms with van der Waals surface area (Å²) in [5.41, 5.74) is 0.601. The molecule has 0 bridgehead atoms. The molecule has 0 aromatic carbocycles. The molecule has 0 N–H and O–H groups in total. The number of carbonyl (C=O) groups is 2. The van der Waals surface area contributed by atoms with Gasteiger partial charge in [-0.3, -0.25) is 4.79 Å². The Morgan fingerprint density at radius 2 is 2.20 bits per heavy atom. The van der Waals surface area contributed by atoms with Crippen molar-refractivity contribution in [3.8, 4) is 0 Å². The number of ether oxygens (including phenoxy) is 2. The van der Waals surface area contributed by atoms with E-state index in [2.05, 4.69) is 22.9 Å². The minimum atomic E-state index is -0.326. The van der Waals surface area contributed by atoms with Crippen LogP contribution < -0.4 is 0 Å². The molecule has 1 heterocycles. The van der Waals surface area contributed by atoms with Crippen molar-refractivity contribution >= 4 is 27.9 Å². The Balaban J connectivity index is 2.61. The van der Waals surface area contributed by atoms with E-state index in [4.69, 9.17) is 9.47 Å². The van der Waals surface area contributed by atoms with Crippen LogP contribution in [0.15, 0.2) is 11.6 Å². The molecule has 1 aliphatic heterocycles. The van der Waals surface area contributed by atoms with E-state index in [-0.39, 0.29) is 29.0 Å². The van der Waals surface area contributed by atoms with Gasteiger partial charge in [0.2, 0.25) is 0 Å². The quantitative estimate of drug-likeness (QED) is 0.383. The molecule has 0 radical (unpaired) electrons. The molecule has 0 aromatic heterocycles. The summed E-state index contributed by atoms with van der Waals surface area (Å²) in [6.45, 7) is 5.36. The molecule has 0 spiro atoms. The van der Waals surface area contributed by atoms with Gasteiger partial charge in [-0.05, 0) is 19.4 Å². The third-order valence-corrected chi connectivity index (χ3v) is 4.26. The van der Waals surface area contributed by atoms with Crippen LogP contribution in [0, 0.1) is 0 Å². The fourth-order valence-electron chi connectivity index (χ4n) is 2.23. The van der Waals surface area contributed by atoms with Crippen molar-refractivity contribution in [2.75, 3.05) is 0 Å². The van der Waals surface area contributed by atoms with E-state index >= 15 is 0 Å². The molecule has 20 heavy (non-hydrogen) atoms. The second-order valence-electron chi connectivity index (χ2n) is 5.17. The van der Waals surface area contributed by atoms with Crippen LogP contribution in [0.4, 0.5) is 0 Å². The van der Waals surface area contributed by atoms with E-state index < -0.39 is 0 Å². The summed E-state index contributed by atoms with van der Waals surface area (Å²) in [6.07, 6.45) is 5.98. The maximum absolute atomic E-state index is 11.6. The molecule has 0 saturated heterocycles. The van der Waals surface area contributed by atoms with Gasteiger partial charge in [-0.1, -0.05) is 42.1 Å². The lowest BCUT2D eigenvalue weighted by Gasteiger charge is -2.22. The largest absolute Gasteiger partial charge is 0.461 e. The Morgan fingerprint density at radius 1 is 1.50 bits per heavy atom. The first-order valence-corrected chi connectivity index (χ1v) is 8.08. The second-order valence-corrected chi connectivity index (χ2v) is 6.34. The van der Waals surface area contributed by atoms with Crippen LogP contribution in [0.3, 0.4) is 0 Å². The number of rotatable bonds is 8. The fourth-order valence-corrected chi connectivity index (χ4v) is 2.85. The molecule has 114 valence electrons. The minimum absolute atomic E-state index is 0.0579. The Bertz CT molecular complexity index is 378. The van der Waals surface area contributed by atoms with Crippen LogP contribution in [0.25, 0.3) is 0 Å². The standard InChI is InChI=1S/C15H23BrO4/c1-4-5-6-7-13(16)14(20-11(3)17)9-12-8-10(2)19-15(12)18/h8,10,13-14H,4-7,9H2,1-3H3/t10-,13+,14-/m0/s1. The molecule has 0 saturated carbocycles. The third-order valence-electron chi connectivity index (χ3n) is 3.22. The summed E-state index contributed by atoms with van der Waals surface area (Å²) in [5.74, 6) is -0.627. The van der Waals surface area contributed by atoms with E-state index in [0.29, 0.717) is 12.0 Å². The summed E-state index contributed by atoms with van der Waals surface area (Å²) in [7, 11) is 0. The van der Waals surface area contributed by atoms with Crippen molar-refractivity contribution < 1.29 is 19.1 Å². The molecule has 1 aliphatic rings. The van der Waals surface area contributed by atoms with Crippen LogP contribution >= 0.6 is 15.9 Å². The molecular weight excluding hydrogens is 324 g/mol. The van der Waals surface area contributed by atoms with Crippen molar-refractivity contribution in [2.45, 2.75) is 69.9 Å². The first-order valence-electron chi connectivity index (χ1n) is 7.17. The minimum Gasteiger partial charge on any atom is -0.461 e. The van der Waals surface area contributed by atoms with Crippen molar-refractivity contribution in [3.05, 3.63) is 11.6 Å². The van der Waals surface area contributed by atoms with E-state index in [1.165, 1.54) is 6.92 Å². The molecule has 3 atom stereocenters. The molecule has 0 aliphatic carbocycles. The van der Waals surface area contributed by atoms with Crippen molar-refractivity contribution in [1.29, 1.82) is 0 Å². The lowest BCUT2D eigenvalue weighted by Crippen LogP contribution is -2.28. The van der Waals surface area contributed by atoms with Gasteiger partial charge in [-0.2, -0.15) is 0 Å². The lowest BCUT2D eigenvalue weighted by molar-refractivity contribution is -0.147. The Labute approximate surface area is 129 Å². The average Bonchev–Trinajstić information content (AvgIpc) is 2.66. The maximum atomic E-state index is 11.6. The van der Waals surface area contributed by atoms with Crippen LogP contribution in [-0.2, 0) is 19.1 Å². The first-order chi connectivity index (χ1) is 9.43. The summed E-state index contributed by atoms with van der Waals surface area (Å²) < 4.78 is 10.4. The van der Waals surface area contributed by atoms with Gasteiger partial charge in [0, 0.05) is 18.9 Å². The summed E-state index contributed by atoms with van der Waals surface area (Å²) in [6, 6.07) is 0. The van der Waals surface area contributed by atoms with Gasteiger partial charge in [0.15, 0.2) is 0 Å². The molecule has 0 amide bonds. The summed E-state index contributed by atoms with van der Waals surface area (Å²) in [4.78, 5) is 22.9. The van der Waals surface area contributed by atoms with Gasteiger partial charge < -0.3 is 9.47 Å². The zero-order valence-electron chi connectivity index (χ0n) is 12.4. The van der Waals surface area contributed by atoms with Gasteiger partial charge in [0.1, 0.15) is 12.2 Å². The molecule has 1 rings (SSSR count). The highest BCUT2D eigenvalue weighted by atomic mass is 79.9. The van der Waals surface area contributed by atoms with Gasteiger partial charge in [-0.25, -0.2) is 4.79 Å². The second kappa shape index (κ2) is 8.45. The number of cyclic esters (lactones) is 1. The molecule has 0 fully saturated rings. The highest BCUT2D eigenvalue weighted by Gasteiger charge is 2.29. The number of carbonyl (C=O) groups excluding carboxylic acids is 2. The highest BCUT2D eigenvalue weighted by Crippen LogP contribution is 2.26. The average molecular weight is 347 g/mol. The van der Waals surface area contributed by atoms with Gasteiger partial charge in [0.05, 0.1) is 4.83 Å². The number of esters is 2. The van der Waals surface area contributed by atoms with Gasteiger partial charge >= 0.3 is 11.9 Å². The first kappa shape index (κ1) is 17.2. The Morgan fingerprint density at radius 3 is 2.70 bits per heavy atom. The van der Waals surface area contributed by atoms with Crippen LogP contribution in [-0.4, -0.2) is 29.0 Å². The maximum Gasteiger partial charge on any atom is 0.334 e. The number of halogens is 1. The van der Waals surface area contributed by atoms with Crippen LogP contribution in [0.5, 0.6) is 0 Å². The SMILES string of the molecule is CCCCC[C@@H](Br)[C@H](CC1=C[C@H](C)OC1=O)OC(C)=O. The van der Waals surface area contributed by atoms with Crippen molar-refractivity contribution in [3.63, 3.8) is 0 Å². The number of alkyl halides is 1. The topological polar surface area (TPSA) is 52.6 Å². The summed E-state index contributed by atoms with van der Waals surface area (Å²) >= 11 is 3.59. The predicted molar refractivity (Wildman–Crippen MR) is 80.7 cm³/mol. The smallest absolute Gasteiger partial charge is 0.334 e. The Hall–Kier alpha value is -0.840. The van der Waals surface area contributed by atoms with Gasteiger partial charge in [0.25, 0.3) is 0 Å². The number of hydrogen-bond donors (Lipinski definition) is 0. The zero-order valence-corrected chi connectivity index (χ0v) is 13.9. The summed E-state index contributed by atoms with van der Waals surface area (Å²) in [5, 5.41) is 0. The van der Waals surface area contributed by atoms with Crippen molar-refractivity contribution in [2.24, 2.45) is 0 Å². The normalized spacial score (nSPS) is 21.1. The molecule has 4 nitrogen and oxygen atoms in total. The molecule has 0 unspecified atom stereocenters. The Kier molecular flexibility index (Phi) is 7.27. The molecular formula is C15H23BrO4. The predicted octanol–water partition coefficient (Wildman–Crippen LogP) is 3.52. The zero-order chi connectivity index (χ0) is 15.1. The van der Waals surface area contributed by atoms with Gasteiger partial charge in [-0.15, -0.1) is 0 Å². The van der Waals surface area contributed by atoms with Crippen LogP contribution in [0.1, 0.15) is 52.9 Å². The number of hydrogen-bond acceptors (Lipinski definition) is 4. The van der Waals surface area contributed by atoms with E-state index in [9.17, 15) is 9.59 Å². The molecule has 5 heteroatoms. The highest BCUT2D eigenvalue weighted by molar-refractivity contribution is 9.09. The fraction of sp³-hybridized carbons (Fsp3) is 0.733. The van der Waals surface area contributed by atoms with E-state index in [1.54, 1.807) is 6.08 Å².